The van der Waals surface area contributed by atoms with Crippen molar-refractivity contribution < 1.29 is 4.42 Å². The molecule has 0 radical (unpaired) electrons. The molecule has 0 aliphatic heterocycles. The topological polar surface area (TPSA) is 148 Å². The highest BCUT2D eigenvalue weighted by Crippen LogP contribution is 2.35. The fourth-order valence-electron chi connectivity index (χ4n) is 11.5. The summed E-state index contributed by atoms with van der Waals surface area (Å²) >= 11 is 1.86. The second-order valence-electron chi connectivity index (χ2n) is 23.0. The minimum absolute atomic E-state index is 0.949. The molecular weight excluding hydrogens is 1410 g/mol. The SMILES string of the molecule is CC.CC.CC.CC.CC.CC.CC.CCCC.c1ccc2c(c1)[nH]c1ccccc12.c1ccc2c(c1)c1ccccc1c1[nH]cnc21.c1ccc2c(c1)oc1ccccc12.c1ccc2c(c1)sc1ccccc12.c1ccc2ncccc2c1.c1ccc2nccnc2c1.c1ccc2ncncc2c1.c1cnc2ccncc2c1. The Morgan fingerprint density at radius 2 is 0.623 bits per heavy atom. The van der Waals surface area contributed by atoms with Crippen LogP contribution >= 0.6 is 11.3 Å². The summed E-state index contributed by atoms with van der Waals surface area (Å²) in [6.45, 7) is 32.4. The predicted molar refractivity (Wildman–Crippen MR) is 500 cm³/mol. The molecule has 9 heterocycles. The zero-order chi connectivity index (χ0) is 81.9. The number of para-hydroxylation sites is 8. The number of benzene rings is 12. The zero-order valence-corrected chi connectivity index (χ0v) is 70.1. The maximum atomic E-state index is 5.65. The fourth-order valence-corrected chi connectivity index (χ4v) is 12.6. The van der Waals surface area contributed by atoms with Gasteiger partial charge in [0.2, 0.25) is 0 Å². The van der Waals surface area contributed by atoms with Crippen molar-refractivity contribution >= 4 is 152 Å². The lowest BCUT2D eigenvalue weighted by atomic mass is 10.0. The Hall–Kier alpha value is -12.9. The minimum Gasteiger partial charge on any atom is -0.456 e. The molecule has 0 atom stereocenters. The third-order valence-electron chi connectivity index (χ3n) is 16.5. The number of aromatic nitrogens is 10. The van der Waals surface area contributed by atoms with Crippen molar-refractivity contribution in [3.8, 4) is 0 Å². The Morgan fingerprint density at radius 1 is 0.272 bits per heavy atom. The van der Waals surface area contributed by atoms with Crippen LogP contribution in [-0.4, -0.2) is 49.8 Å². The van der Waals surface area contributed by atoms with E-state index < -0.39 is 0 Å². The van der Waals surface area contributed by atoms with Crippen LogP contribution in [0.2, 0.25) is 0 Å². The van der Waals surface area contributed by atoms with E-state index in [1.54, 1.807) is 37.4 Å². The molecule has 11 nitrogen and oxygen atoms in total. The molecule has 21 rings (SSSR count). The summed E-state index contributed by atoms with van der Waals surface area (Å²) in [5, 5.41) is 16.1. The summed E-state index contributed by atoms with van der Waals surface area (Å²) in [4.78, 5) is 39.6. The van der Waals surface area contributed by atoms with Gasteiger partial charge in [-0.15, -0.1) is 11.3 Å². The summed E-state index contributed by atoms with van der Waals surface area (Å²) in [6.07, 6.45) is 18.3. The Labute approximate surface area is 678 Å². The number of thiophene rings is 1. The van der Waals surface area contributed by atoms with Gasteiger partial charge in [0, 0.05) is 123 Å². The molecule has 0 unspecified atom stereocenters. The molecule has 21 aromatic rings. The molecule has 0 bridgehead atoms. The molecule has 0 amide bonds. The third kappa shape index (κ3) is 25.3. The van der Waals surface area contributed by atoms with Crippen molar-refractivity contribution in [2.75, 3.05) is 0 Å². The van der Waals surface area contributed by atoms with Gasteiger partial charge in [0.15, 0.2) is 0 Å². The molecular formula is C102H112N10OS. The van der Waals surface area contributed by atoms with Crippen LogP contribution in [0.1, 0.15) is 124 Å². The van der Waals surface area contributed by atoms with Crippen LogP contribution in [0.25, 0.3) is 140 Å². The molecule has 2 N–H and O–H groups in total. The van der Waals surface area contributed by atoms with E-state index in [0.717, 1.165) is 60.6 Å². The number of hydrogen-bond donors (Lipinski definition) is 2. The first-order valence-electron chi connectivity index (χ1n) is 40.2. The molecule has 0 saturated carbocycles. The van der Waals surface area contributed by atoms with Crippen molar-refractivity contribution in [2.45, 2.75) is 124 Å². The first-order chi connectivity index (χ1) is 56.6. The van der Waals surface area contributed by atoms with Gasteiger partial charge in [-0.3, -0.25) is 24.9 Å². The van der Waals surface area contributed by atoms with Crippen LogP contribution in [0.3, 0.4) is 0 Å². The van der Waals surface area contributed by atoms with Gasteiger partial charge < -0.3 is 14.4 Å². The number of fused-ring (bicyclic) bond motifs is 19. The summed E-state index contributed by atoms with van der Waals surface area (Å²) in [5.74, 6) is 0. The van der Waals surface area contributed by atoms with Gasteiger partial charge in [-0.1, -0.05) is 336 Å². The molecule has 12 aromatic carbocycles. The van der Waals surface area contributed by atoms with Crippen molar-refractivity contribution in [1.29, 1.82) is 0 Å². The molecule has 0 saturated heterocycles. The highest BCUT2D eigenvalue weighted by molar-refractivity contribution is 7.25. The van der Waals surface area contributed by atoms with Crippen LogP contribution in [0.4, 0.5) is 0 Å². The number of nitrogens with zero attached hydrogens (tertiary/aromatic N) is 8. The number of nitrogens with one attached hydrogen (secondary N) is 2. The van der Waals surface area contributed by atoms with Gasteiger partial charge in [0.25, 0.3) is 0 Å². The number of hydrogen-bond acceptors (Lipinski definition) is 10. The van der Waals surface area contributed by atoms with E-state index in [0.29, 0.717) is 0 Å². The zero-order valence-electron chi connectivity index (χ0n) is 69.3. The van der Waals surface area contributed by atoms with E-state index in [4.69, 9.17) is 4.42 Å². The second kappa shape index (κ2) is 52.3. The van der Waals surface area contributed by atoms with E-state index in [-0.39, 0.29) is 0 Å². The average Bonchev–Trinajstić information content (AvgIpc) is 1.12. The van der Waals surface area contributed by atoms with Gasteiger partial charge in [0.05, 0.1) is 44.9 Å². The van der Waals surface area contributed by atoms with Crippen molar-refractivity contribution in [3.05, 3.63) is 353 Å². The van der Waals surface area contributed by atoms with Crippen LogP contribution in [0.5, 0.6) is 0 Å². The van der Waals surface area contributed by atoms with Gasteiger partial charge in [-0.2, -0.15) is 0 Å². The lowest BCUT2D eigenvalue weighted by molar-refractivity contribution is 0.669. The van der Waals surface area contributed by atoms with Crippen LogP contribution in [0, 0.1) is 0 Å². The first kappa shape index (κ1) is 90.0. The quantitative estimate of drug-likeness (QED) is 0.153. The van der Waals surface area contributed by atoms with Crippen LogP contribution in [0.15, 0.2) is 358 Å². The molecule has 0 fully saturated rings. The predicted octanol–water partition coefficient (Wildman–Crippen LogP) is 30.9. The van der Waals surface area contributed by atoms with Crippen molar-refractivity contribution in [3.63, 3.8) is 0 Å². The molecule has 582 valence electrons. The van der Waals surface area contributed by atoms with Crippen LogP contribution in [-0.2, 0) is 0 Å². The maximum absolute atomic E-state index is 5.65. The number of aromatic amines is 2. The first-order valence-corrected chi connectivity index (χ1v) is 41.1. The summed E-state index contributed by atoms with van der Waals surface area (Å²) < 4.78 is 8.41. The summed E-state index contributed by atoms with van der Waals surface area (Å²) in [6, 6.07) is 101. The Balaban J connectivity index is 0.000000198. The Bertz CT molecular complexity index is 5140. The lowest BCUT2D eigenvalue weighted by Crippen LogP contribution is -1.81. The molecule has 0 spiro atoms. The summed E-state index contributed by atoms with van der Waals surface area (Å²) in [5.41, 5.74) is 11.5. The maximum Gasteiger partial charge on any atom is 0.135 e. The smallest absolute Gasteiger partial charge is 0.135 e. The average molecular weight is 1530 g/mol. The van der Waals surface area contributed by atoms with Gasteiger partial charge in [-0.05, 0) is 95.7 Å². The van der Waals surface area contributed by atoms with Gasteiger partial charge in [-0.25, -0.2) is 15.0 Å². The van der Waals surface area contributed by atoms with Crippen molar-refractivity contribution in [2.24, 2.45) is 0 Å². The Kier molecular flexibility index (Phi) is 41.3. The van der Waals surface area contributed by atoms with E-state index in [2.05, 4.69) is 234 Å². The van der Waals surface area contributed by atoms with Gasteiger partial charge in [0.1, 0.15) is 17.5 Å². The minimum atomic E-state index is 0.949. The van der Waals surface area contributed by atoms with E-state index in [1.165, 1.54) is 92.5 Å². The highest BCUT2D eigenvalue weighted by atomic mass is 32.1. The summed E-state index contributed by atoms with van der Waals surface area (Å²) in [7, 11) is 0. The number of furan rings is 1. The molecule has 0 aliphatic rings. The number of rotatable bonds is 1. The van der Waals surface area contributed by atoms with E-state index in [9.17, 15) is 0 Å². The second-order valence-corrected chi connectivity index (χ2v) is 24.1. The van der Waals surface area contributed by atoms with Gasteiger partial charge >= 0.3 is 0 Å². The van der Waals surface area contributed by atoms with Crippen LogP contribution < -0.4 is 0 Å². The standard InChI is InChI=1S/C15H10N2.C12H9N.C12H8O.C12H8S.C9H7N.3C8H6N2.C4H10.7C2H6/c1-3-7-12-10(5-1)11-6-2-4-8-13(11)15-14(12)16-9-17-15;3*1-3-7-11-9(5-1)10-6-2-4-8-12(10)13-11;1-2-6-9-8(4-1)5-3-7-10-9;1-2-7-6-9-5-3-8(7)10-4-1;1-2-4-8-7(3-1)5-9-6-10-8;1-2-4-8-7(3-1)9-5-6-10-8;1-3-4-2;7*1-2/h1-9H,(H,16,17);1-8,13H;2*1-8H;1-7H;3*1-6H;3-4H2,1-2H3;7*1-2H3. The van der Waals surface area contributed by atoms with E-state index >= 15 is 0 Å². The lowest BCUT2D eigenvalue weighted by Gasteiger charge is -2.05. The third-order valence-corrected chi connectivity index (χ3v) is 17.6. The largest absolute Gasteiger partial charge is 0.456 e. The highest BCUT2D eigenvalue weighted by Gasteiger charge is 2.10. The van der Waals surface area contributed by atoms with E-state index in [1.807, 2.05) is 254 Å². The molecule has 12 heteroatoms. The monoisotopic (exact) mass is 1520 g/mol. The number of imidazole rings is 1. The molecule has 114 heavy (non-hydrogen) atoms. The Morgan fingerprint density at radius 3 is 1.11 bits per heavy atom. The molecule has 9 aromatic heterocycles. The number of pyridine rings is 3. The fraction of sp³-hybridized carbons (Fsp3) is 0.176. The number of H-pyrrole nitrogens is 2. The normalized spacial score (nSPS) is 9.65. The van der Waals surface area contributed by atoms with Crippen molar-refractivity contribution in [1.82, 2.24) is 49.8 Å². The number of unbranched alkanes of at least 4 members (excludes halogenated alkanes) is 1. The molecule has 0 aliphatic carbocycles.